The molecule has 0 bridgehead atoms. The molecule has 0 aliphatic carbocycles. The molecule has 2 aliphatic heterocycles. The van der Waals surface area contributed by atoms with Gasteiger partial charge in [-0.15, -0.1) is 0 Å². The number of piperidine rings is 1. The molecule has 1 aromatic rings. The van der Waals surface area contributed by atoms with Gasteiger partial charge in [0, 0.05) is 34.1 Å². The van der Waals surface area contributed by atoms with Crippen LogP contribution in [0.1, 0.15) is 29.6 Å². The van der Waals surface area contributed by atoms with Crippen molar-refractivity contribution in [3.8, 4) is 0 Å². The van der Waals surface area contributed by atoms with E-state index in [0.29, 0.717) is 6.42 Å². The first-order valence-electron chi connectivity index (χ1n) is 7.00. The Morgan fingerprint density at radius 2 is 2.05 bits per heavy atom. The monoisotopic (exact) mass is 462 g/mol. The summed E-state index contributed by atoms with van der Waals surface area (Å²) in [5, 5.41) is 2.92. The number of likely N-dealkylation sites (tertiary alicyclic amines) is 1. The highest BCUT2D eigenvalue weighted by Crippen LogP contribution is 2.38. The van der Waals surface area contributed by atoms with Gasteiger partial charge in [0.1, 0.15) is 0 Å². The third kappa shape index (κ3) is 3.11. The van der Waals surface area contributed by atoms with Crippen LogP contribution in [0.15, 0.2) is 22.7 Å². The Balaban J connectivity index is 1.70. The molecule has 6 heteroatoms. The van der Waals surface area contributed by atoms with Crippen molar-refractivity contribution in [3.05, 3.63) is 31.8 Å². The topological polar surface area (TPSA) is 49.4 Å². The molecule has 1 spiro atoms. The van der Waals surface area contributed by atoms with E-state index in [-0.39, 0.29) is 17.2 Å². The van der Waals surface area contributed by atoms with Crippen LogP contribution in [0.25, 0.3) is 0 Å². The summed E-state index contributed by atoms with van der Waals surface area (Å²) in [6, 6.07) is 5.78. The molecule has 4 nitrogen and oxygen atoms in total. The van der Waals surface area contributed by atoms with Crippen LogP contribution in [-0.4, -0.2) is 36.3 Å². The fourth-order valence-corrected chi connectivity index (χ4v) is 4.05. The van der Waals surface area contributed by atoms with Gasteiger partial charge in [0.25, 0.3) is 5.91 Å². The first-order chi connectivity index (χ1) is 9.99. The molecule has 0 saturated carbocycles. The number of benzene rings is 1. The van der Waals surface area contributed by atoms with Crippen LogP contribution in [0.4, 0.5) is 0 Å². The molecule has 0 aromatic heterocycles. The Labute approximate surface area is 145 Å². The molecular formula is C15H16BrIN2O2. The summed E-state index contributed by atoms with van der Waals surface area (Å²) in [6.07, 6.45) is 2.42. The average Bonchev–Trinajstić information content (AvgIpc) is 2.83. The maximum absolute atomic E-state index is 12.7. The van der Waals surface area contributed by atoms with Crippen molar-refractivity contribution < 1.29 is 9.59 Å². The lowest BCUT2D eigenvalue weighted by Gasteiger charge is -2.38. The molecule has 2 amide bonds. The summed E-state index contributed by atoms with van der Waals surface area (Å²) < 4.78 is 1.89. The second kappa shape index (κ2) is 5.87. The van der Waals surface area contributed by atoms with Crippen LogP contribution < -0.4 is 5.32 Å². The lowest BCUT2D eigenvalue weighted by molar-refractivity contribution is -0.119. The maximum atomic E-state index is 12.7. The lowest BCUT2D eigenvalue weighted by atomic mass is 9.77. The number of carbonyl (C=O) groups excluding carboxylic acids is 2. The SMILES string of the molecule is O=C1CC2(CCN(C(=O)c3cc(Br)ccc3I)CC2)CN1. The zero-order valence-electron chi connectivity index (χ0n) is 11.5. The zero-order chi connectivity index (χ0) is 15.0. The van der Waals surface area contributed by atoms with Crippen molar-refractivity contribution in [2.75, 3.05) is 19.6 Å². The Kier molecular flexibility index (Phi) is 4.27. The third-order valence-electron chi connectivity index (χ3n) is 4.47. The van der Waals surface area contributed by atoms with E-state index in [2.05, 4.69) is 43.8 Å². The zero-order valence-corrected chi connectivity index (χ0v) is 15.2. The van der Waals surface area contributed by atoms with Gasteiger partial charge in [-0.25, -0.2) is 0 Å². The summed E-state index contributed by atoms with van der Waals surface area (Å²) in [5.41, 5.74) is 0.833. The lowest BCUT2D eigenvalue weighted by Crippen LogP contribution is -2.44. The van der Waals surface area contributed by atoms with Gasteiger partial charge in [-0.3, -0.25) is 9.59 Å². The summed E-state index contributed by atoms with van der Waals surface area (Å²) in [5.74, 6) is 0.240. The molecule has 0 unspecified atom stereocenters. The van der Waals surface area contributed by atoms with E-state index in [1.54, 1.807) is 0 Å². The summed E-state index contributed by atoms with van der Waals surface area (Å²) >= 11 is 5.62. The quantitative estimate of drug-likeness (QED) is 0.652. The smallest absolute Gasteiger partial charge is 0.254 e. The number of nitrogens with one attached hydrogen (secondary N) is 1. The summed E-state index contributed by atoms with van der Waals surface area (Å²) in [7, 11) is 0. The van der Waals surface area contributed by atoms with Gasteiger partial charge < -0.3 is 10.2 Å². The van der Waals surface area contributed by atoms with Crippen LogP contribution in [0.2, 0.25) is 0 Å². The first-order valence-corrected chi connectivity index (χ1v) is 8.87. The molecule has 0 atom stereocenters. The van der Waals surface area contributed by atoms with Gasteiger partial charge in [-0.05, 0) is 59.0 Å². The number of hydrogen-bond acceptors (Lipinski definition) is 2. The molecule has 1 aromatic carbocycles. The highest BCUT2D eigenvalue weighted by Gasteiger charge is 2.41. The molecule has 2 aliphatic rings. The number of nitrogens with zero attached hydrogens (tertiary/aromatic N) is 1. The highest BCUT2D eigenvalue weighted by molar-refractivity contribution is 14.1. The summed E-state index contributed by atoms with van der Waals surface area (Å²) in [4.78, 5) is 26.0. The molecule has 3 rings (SSSR count). The molecule has 112 valence electrons. The number of halogens is 2. The minimum Gasteiger partial charge on any atom is -0.356 e. The van der Waals surface area contributed by atoms with E-state index in [4.69, 9.17) is 0 Å². The molecular weight excluding hydrogens is 447 g/mol. The van der Waals surface area contributed by atoms with Gasteiger partial charge in [-0.1, -0.05) is 15.9 Å². The Morgan fingerprint density at radius 1 is 1.33 bits per heavy atom. The molecule has 1 N–H and O–H groups in total. The van der Waals surface area contributed by atoms with Crippen molar-refractivity contribution in [2.45, 2.75) is 19.3 Å². The van der Waals surface area contributed by atoms with Crippen LogP contribution in [0.3, 0.4) is 0 Å². The van der Waals surface area contributed by atoms with E-state index in [1.807, 2.05) is 23.1 Å². The van der Waals surface area contributed by atoms with E-state index in [9.17, 15) is 9.59 Å². The number of rotatable bonds is 1. The predicted molar refractivity (Wildman–Crippen MR) is 92.1 cm³/mol. The van der Waals surface area contributed by atoms with Gasteiger partial charge in [0.15, 0.2) is 0 Å². The molecule has 21 heavy (non-hydrogen) atoms. The standard InChI is InChI=1S/C15H16BrIN2O2/c16-10-1-2-12(17)11(7-10)14(21)19-5-3-15(4-6-19)8-13(20)18-9-15/h1-2,7H,3-6,8-9H2,(H,18,20). The number of carbonyl (C=O) groups is 2. The molecule has 2 heterocycles. The second-order valence-corrected chi connectivity index (χ2v) is 7.95. The largest absolute Gasteiger partial charge is 0.356 e. The van der Waals surface area contributed by atoms with Crippen molar-refractivity contribution in [3.63, 3.8) is 0 Å². The van der Waals surface area contributed by atoms with Crippen LogP contribution >= 0.6 is 38.5 Å². The van der Waals surface area contributed by atoms with Gasteiger partial charge in [-0.2, -0.15) is 0 Å². The van der Waals surface area contributed by atoms with Crippen LogP contribution in [0, 0.1) is 8.99 Å². The predicted octanol–water partition coefficient (Wildman–Crippen LogP) is 2.80. The van der Waals surface area contributed by atoms with E-state index in [0.717, 1.165) is 46.1 Å². The van der Waals surface area contributed by atoms with Gasteiger partial charge in [0.05, 0.1) is 5.56 Å². The minimum atomic E-state index is 0.0816. The average molecular weight is 463 g/mol. The Morgan fingerprint density at radius 3 is 2.67 bits per heavy atom. The normalized spacial score (nSPS) is 20.7. The van der Waals surface area contributed by atoms with Crippen molar-refractivity contribution in [1.82, 2.24) is 10.2 Å². The number of hydrogen-bond donors (Lipinski definition) is 1. The van der Waals surface area contributed by atoms with Crippen molar-refractivity contribution >= 4 is 50.3 Å². The van der Waals surface area contributed by atoms with E-state index < -0.39 is 0 Å². The van der Waals surface area contributed by atoms with E-state index >= 15 is 0 Å². The minimum absolute atomic E-state index is 0.0816. The van der Waals surface area contributed by atoms with Crippen LogP contribution in [-0.2, 0) is 4.79 Å². The molecule has 2 saturated heterocycles. The van der Waals surface area contributed by atoms with E-state index in [1.165, 1.54) is 0 Å². The van der Waals surface area contributed by atoms with Crippen molar-refractivity contribution in [1.29, 1.82) is 0 Å². The third-order valence-corrected chi connectivity index (χ3v) is 5.90. The second-order valence-electron chi connectivity index (χ2n) is 5.87. The maximum Gasteiger partial charge on any atom is 0.254 e. The van der Waals surface area contributed by atoms with Gasteiger partial charge in [0.2, 0.25) is 5.91 Å². The van der Waals surface area contributed by atoms with Gasteiger partial charge >= 0.3 is 0 Å². The van der Waals surface area contributed by atoms with Crippen molar-refractivity contribution in [2.24, 2.45) is 5.41 Å². The molecule has 2 fully saturated rings. The number of amides is 2. The highest BCUT2D eigenvalue weighted by atomic mass is 127. The fraction of sp³-hybridized carbons (Fsp3) is 0.467. The Hall–Kier alpha value is -0.630. The summed E-state index contributed by atoms with van der Waals surface area (Å²) in [6.45, 7) is 2.23. The Bertz CT molecular complexity index is 597. The van der Waals surface area contributed by atoms with Crippen LogP contribution in [0.5, 0.6) is 0 Å². The molecule has 0 radical (unpaired) electrons. The fourth-order valence-electron chi connectivity index (χ4n) is 3.12. The first kappa shape index (κ1) is 15.3.